The molecule has 0 spiro atoms. The minimum absolute atomic E-state index is 0.104. The van der Waals surface area contributed by atoms with Crippen molar-refractivity contribution >= 4 is 23.2 Å². The zero-order valence-electron chi connectivity index (χ0n) is 14.0. The largest absolute Gasteiger partial charge is 0.478 e. The van der Waals surface area contributed by atoms with E-state index in [1.54, 1.807) is 6.92 Å². The molecule has 0 aromatic carbocycles. The Hall–Kier alpha value is -2.94. The first-order valence-corrected chi connectivity index (χ1v) is 8.86. The molecule has 3 aromatic rings. The van der Waals surface area contributed by atoms with Crippen molar-refractivity contribution in [3.05, 3.63) is 46.6 Å². The number of aryl methyl sites for hydroxylation is 2. The van der Waals surface area contributed by atoms with Gasteiger partial charge in [-0.1, -0.05) is 11.2 Å². The first-order valence-electron chi connectivity index (χ1n) is 7.98. The Morgan fingerprint density at radius 3 is 2.92 bits per heavy atom. The van der Waals surface area contributed by atoms with Crippen molar-refractivity contribution in [2.45, 2.75) is 32.7 Å². The highest BCUT2D eigenvalue weighted by Gasteiger charge is 2.14. The number of nitrogens with zero attached hydrogens (tertiary/aromatic N) is 2. The average Bonchev–Trinajstić information content (AvgIpc) is 3.33. The van der Waals surface area contributed by atoms with Gasteiger partial charge in [0.05, 0.1) is 11.4 Å². The number of hydrogen-bond acceptors (Lipinski definition) is 7. The van der Waals surface area contributed by atoms with Gasteiger partial charge in [-0.25, -0.2) is 4.79 Å². The summed E-state index contributed by atoms with van der Waals surface area (Å²) < 4.78 is 10.5. The Morgan fingerprint density at radius 2 is 2.23 bits per heavy atom. The molecule has 8 nitrogen and oxygen atoms in total. The SMILES string of the molecule is Cc1oc(CNC(=O)CCCc2nc(-c3cccs3)no2)cc1C(=O)O. The van der Waals surface area contributed by atoms with E-state index in [9.17, 15) is 9.59 Å². The van der Waals surface area contributed by atoms with Crippen LogP contribution >= 0.6 is 11.3 Å². The normalized spacial score (nSPS) is 10.8. The van der Waals surface area contributed by atoms with Gasteiger partial charge in [-0.2, -0.15) is 4.98 Å². The molecule has 0 aliphatic heterocycles. The topological polar surface area (TPSA) is 118 Å². The summed E-state index contributed by atoms with van der Waals surface area (Å²) >= 11 is 1.53. The van der Waals surface area contributed by atoms with E-state index in [1.165, 1.54) is 17.4 Å². The highest BCUT2D eigenvalue weighted by molar-refractivity contribution is 7.13. The van der Waals surface area contributed by atoms with E-state index in [1.807, 2.05) is 17.5 Å². The molecule has 0 saturated carbocycles. The van der Waals surface area contributed by atoms with Gasteiger partial charge in [-0.3, -0.25) is 4.79 Å². The molecule has 0 radical (unpaired) electrons. The number of nitrogens with one attached hydrogen (secondary N) is 1. The molecule has 3 rings (SSSR count). The summed E-state index contributed by atoms with van der Waals surface area (Å²) in [7, 11) is 0. The molecule has 0 atom stereocenters. The maximum atomic E-state index is 11.9. The standard InChI is InChI=1S/C17H17N3O5S/c1-10-12(17(22)23)8-11(24-10)9-18-14(21)5-2-6-15-19-16(20-25-15)13-4-3-7-26-13/h3-4,7-8H,2,5-6,9H2,1H3,(H,18,21)(H,22,23). The predicted octanol–water partition coefficient (Wildman–Crippen LogP) is 3.04. The van der Waals surface area contributed by atoms with Crippen molar-refractivity contribution in [1.29, 1.82) is 0 Å². The summed E-state index contributed by atoms with van der Waals surface area (Å²) in [6, 6.07) is 5.25. The van der Waals surface area contributed by atoms with Crippen molar-refractivity contribution in [2.24, 2.45) is 0 Å². The summed E-state index contributed by atoms with van der Waals surface area (Å²) in [5, 5.41) is 17.5. The number of amides is 1. The van der Waals surface area contributed by atoms with Gasteiger partial charge in [-0.05, 0) is 30.9 Å². The summed E-state index contributed by atoms with van der Waals surface area (Å²) in [5.74, 6) is 0.570. The van der Waals surface area contributed by atoms with Crippen LogP contribution < -0.4 is 5.32 Å². The van der Waals surface area contributed by atoms with Gasteiger partial charge in [0.1, 0.15) is 17.1 Å². The molecule has 3 heterocycles. The van der Waals surface area contributed by atoms with Crippen molar-refractivity contribution in [1.82, 2.24) is 15.5 Å². The minimum Gasteiger partial charge on any atom is -0.478 e. The highest BCUT2D eigenvalue weighted by Crippen LogP contribution is 2.21. The third kappa shape index (κ3) is 4.37. The van der Waals surface area contributed by atoms with Crippen LogP contribution in [0.5, 0.6) is 0 Å². The maximum Gasteiger partial charge on any atom is 0.339 e. The van der Waals surface area contributed by atoms with Crippen LogP contribution in [-0.4, -0.2) is 27.1 Å². The summed E-state index contributed by atoms with van der Waals surface area (Å²) in [4.78, 5) is 28.1. The summed E-state index contributed by atoms with van der Waals surface area (Å²) in [6.07, 6.45) is 1.37. The molecule has 0 fully saturated rings. The fourth-order valence-corrected chi connectivity index (χ4v) is 3.03. The van der Waals surface area contributed by atoms with E-state index in [4.69, 9.17) is 14.0 Å². The number of carbonyl (C=O) groups excluding carboxylic acids is 1. The molecule has 0 aliphatic carbocycles. The van der Waals surface area contributed by atoms with Crippen LogP contribution in [0.25, 0.3) is 10.7 Å². The number of carbonyl (C=O) groups is 2. The molecule has 0 aliphatic rings. The van der Waals surface area contributed by atoms with Crippen LogP contribution in [-0.2, 0) is 17.8 Å². The van der Waals surface area contributed by atoms with E-state index >= 15 is 0 Å². The number of rotatable bonds is 8. The third-order valence-electron chi connectivity index (χ3n) is 3.66. The highest BCUT2D eigenvalue weighted by atomic mass is 32.1. The van der Waals surface area contributed by atoms with Crippen molar-refractivity contribution in [2.75, 3.05) is 0 Å². The van der Waals surface area contributed by atoms with Crippen LogP contribution in [0.3, 0.4) is 0 Å². The number of aromatic nitrogens is 2. The van der Waals surface area contributed by atoms with E-state index in [0.717, 1.165) is 4.88 Å². The fourth-order valence-electron chi connectivity index (χ4n) is 2.38. The quantitative estimate of drug-likeness (QED) is 0.621. The molecule has 9 heteroatoms. The van der Waals surface area contributed by atoms with Gasteiger partial charge < -0.3 is 19.4 Å². The average molecular weight is 375 g/mol. The molecule has 0 saturated heterocycles. The zero-order valence-corrected chi connectivity index (χ0v) is 14.8. The third-order valence-corrected chi connectivity index (χ3v) is 4.53. The van der Waals surface area contributed by atoms with Crippen LogP contribution in [0.15, 0.2) is 32.5 Å². The Bertz CT molecular complexity index is 898. The van der Waals surface area contributed by atoms with Gasteiger partial charge in [0.15, 0.2) is 0 Å². The molecule has 3 aromatic heterocycles. The van der Waals surface area contributed by atoms with Gasteiger partial charge >= 0.3 is 5.97 Å². The first-order chi connectivity index (χ1) is 12.5. The summed E-state index contributed by atoms with van der Waals surface area (Å²) in [6.45, 7) is 1.72. The second kappa shape index (κ2) is 7.96. The Labute approximate surface area is 152 Å². The first kappa shape index (κ1) is 17.9. The Balaban J connectivity index is 1.42. The fraction of sp³-hybridized carbons (Fsp3) is 0.294. The number of furan rings is 1. The second-order valence-corrected chi connectivity index (χ2v) is 6.55. The Morgan fingerprint density at radius 1 is 1.38 bits per heavy atom. The monoisotopic (exact) mass is 375 g/mol. The molecule has 0 bridgehead atoms. The molecular weight excluding hydrogens is 358 g/mol. The number of hydrogen-bond donors (Lipinski definition) is 2. The molecule has 2 N–H and O–H groups in total. The molecular formula is C17H17N3O5S. The van der Waals surface area contributed by atoms with Crippen molar-refractivity contribution in [3.8, 4) is 10.7 Å². The lowest BCUT2D eigenvalue weighted by Gasteiger charge is -2.02. The number of thiophene rings is 1. The van der Waals surface area contributed by atoms with Gasteiger partial charge in [-0.15, -0.1) is 11.3 Å². The molecule has 0 unspecified atom stereocenters. The predicted molar refractivity (Wildman–Crippen MR) is 92.8 cm³/mol. The number of carboxylic acid groups (broad SMARTS) is 1. The van der Waals surface area contributed by atoms with Gasteiger partial charge in [0.2, 0.25) is 17.6 Å². The molecule has 1 amide bonds. The second-order valence-electron chi connectivity index (χ2n) is 5.61. The lowest BCUT2D eigenvalue weighted by molar-refractivity contribution is -0.121. The van der Waals surface area contributed by atoms with E-state index < -0.39 is 5.97 Å². The summed E-state index contributed by atoms with van der Waals surface area (Å²) in [5.41, 5.74) is 0.104. The lowest BCUT2D eigenvalue weighted by Crippen LogP contribution is -2.22. The molecule has 136 valence electrons. The Kier molecular flexibility index (Phi) is 5.47. The number of carboxylic acids is 1. The lowest BCUT2D eigenvalue weighted by atomic mass is 10.2. The van der Waals surface area contributed by atoms with Gasteiger partial charge in [0.25, 0.3) is 0 Å². The molecule has 26 heavy (non-hydrogen) atoms. The smallest absolute Gasteiger partial charge is 0.339 e. The number of aromatic carboxylic acids is 1. The van der Waals surface area contributed by atoms with Crippen LogP contribution in [0.2, 0.25) is 0 Å². The van der Waals surface area contributed by atoms with Crippen LogP contribution in [0.1, 0.15) is 40.6 Å². The van der Waals surface area contributed by atoms with E-state index in [2.05, 4.69) is 15.5 Å². The van der Waals surface area contributed by atoms with Crippen LogP contribution in [0, 0.1) is 6.92 Å². The zero-order chi connectivity index (χ0) is 18.5. The maximum absolute atomic E-state index is 11.9. The van der Waals surface area contributed by atoms with E-state index in [0.29, 0.717) is 42.5 Å². The van der Waals surface area contributed by atoms with Gasteiger partial charge in [0, 0.05) is 12.8 Å². The van der Waals surface area contributed by atoms with Crippen molar-refractivity contribution < 1.29 is 23.6 Å². The minimum atomic E-state index is -1.05. The van der Waals surface area contributed by atoms with Crippen LogP contribution in [0.4, 0.5) is 0 Å². The van der Waals surface area contributed by atoms with E-state index in [-0.39, 0.29) is 18.0 Å². The van der Waals surface area contributed by atoms with Crippen molar-refractivity contribution in [3.63, 3.8) is 0 Å².